The highest BCUT2D eigenvalue weighted by molar-refractivity contribution is 5.04. The number of nitrogens with one attached hydrogen (secondary N) is 1. The predicted octanol–water partition coefficient (Wildman–Crippen LogP) is 1.93. The van der Waals surface area contributed by atoms with E-state index >= 15 is 0 Å². The van der Waals surface area contributed by atoms with Crippen molar-refractivity contribution in [1.29, 1.82) is 0 Å². The van der Waals surface area contributed by atoms with Crippen LogP contribution in [0.2, 0.25) is 0 Å². The Morgan fingerprint density at radius 1 is 1.57 bits per heavy atom. The fraction of sp³-hybridized carbons (Fsp3) is 0.636. The van der Waals surface area contributed by atoms with Crippen LogP contribution in [0.1, 0.15) is 37.4 Å². The third-order valence-electron chi connectivity index (χ3n) is 2.87. The van der Waals surface area contributed by atoms with Crippen molar-refractivity contribution in [2.24, 2.45) is 5.92 Å². The van der Waals surface area contributed by atoms with Crippen LogP contribution in [0, 0.1) is 5.92 Å². The summed E-state index contributed by atoms with van der Waals surface area (Å²) in [6.07, 6.45) is 8.81. The first-order valence-electron chi connectivity index (χ1n) is 5.33. The number of aromatic nitrogens is 2. The van der Waals surface area contributed by atoms with Crippen LogP contribution in [0.3, 0.4) is 0 Å². The highest BCUT2D eigenvalue weighted by Gasteiger charge is 2.22. The average Bonchev–Trinajstić information content (AvgIpc) is 3.04. The van der Waals surface area contributed by atoms with Gasteiger partial charge in [0.05, 0.1) is 5.69 Å². The van der Waals surface area contributed by atoms with Gasteiger partial charge in [0, 0.05) is 12.2 Å². The Morgan fingerprint density at radius 3 is 3.00 bits per heavy atom. The first-order chi connectivity index (χ1) is 6.90. The minimum absolute atomic E-state index is 0.401. The Bertz CT molecular complexity index is 269. The Kier molecular flexibility index (Phi) is 3.09. The maximum atomic E-state index is 4.27. The van der Waals surface area contributed by atoms with Gasteiger partial charge in [0.1, 0.15) is 6.33 Å². The highest BCUT2D eigenvalue weighted by Crippen LogP contribution is 2.35. The van der Waals surface area contributed by atoms with Gasteiger partial charge in [-0.25, -0.2) is 9.97 Å². The van der Waals surface area contributed by atoms with Crippen LogP contribution in [0.25, 0.3) is 0 Å². The lowest BCUT2D eigenvalue weighted by atomic mass is 10.1. The highest BCUT2D eigenvalue weighted by atomic mass is 14.9. The molecule has 0 radical (unpaired) electrons. The summed E-state index contributed by atoms with van der Waals surface area (Å²) < 4.78 is 0. The SMILES string of the molecule is CNC(CCC1CC1)c1ccncn1. The quantitative estimate of drug-likeness (QED) is 0.772. The van der Waals surface area contributed by atoms with E-state index in [4.69, 9.17) is 0 Å². The van der Waals surface area contributed by atoms with Crippen LogP contribution in [0.5, 0.6) is 0 Å². The number of nitrogens with zero attached hydrogens (tertiary/aromatic N) is 2. The summed E-state index contributed by atoms with van der Waals surface area (Å²) >= 11 is 0. The van der Waals surface area contributed by atoms with Gasteiger partial charge in [-0.05, 0) is 31.9 Å². The maximum absolute atomic E-state index is 4.27. The molecule has 1 aliphatic carbocycles. The fourth-order valence-electron chi connectivity index (χ4n) is 1.76. The van der Waals surface area contributed by atoms with Gasteiger partial charge in [-0.15, -0.1) is 0 Å². The molecule has 3 heteroatoms. The predicted molar refractivity (Wildman–Crippen MR) is 55.8 cm³/mol. The summed E-state index contributed by atoms with van der Waals surface area (Å²) in [6, 6.07) is 2.40. The average molecular weight is 191 g/mol. The molecule has 0 aromatic carbocycles. The molecule has 1 aliphatic rings. The molecule has 1 saturated carbocycles. The third kappa shape index (κ3) is 2.51. The zero-order valence-electron chi connectivity index (χ0n) is 8.61. The normalized spacial score (nSPS) is 18.1. The molecule has 0 amide bonds. The van der Waals surface area contributed by atoms with E-state index in [2.05, 4.69) is 15.3 Å². The van der Waals surface area contributed by atoms with E-state index in [1.165, 1.54) is 25.7 Å². The van der Waals surface area contributed by atoms with Crippen molar-refractivity contribution >= 4 is 0 Å². The van der Waals surface area contributed by atoms with Gasteiger partial charge in [-0.3, -0.25) is 0 Å². The molecule has 76 valence electrons. The topological polar surface area (TPSA) is 37.8 Å². The first-order valence-corrected chi connectivity index (χ1v) is 5.33. The molecular formula is C11H17N3. The lowest BCUT2D eigenvalue weighted by molar-refractivity contribution is 0.495. The molecule has 0 aliphatic heterocycles. The van der Waals surface area contributed by atoms with E-state index in [0.717, 1.165) is 11.6 Å². The number of hydrogen-bond donors (Lipinski definition) is 1. The van der Waals surface area contributed by atoms with E-state index in [0.29, 0.717) is 6.04 Å². The van der Waals surface area contributed by atoms with Crippen LogP contribution in [0.4, 0.5) is 0 Å². The third-order valence-corrected chi connectivity index (χ3v) is 2.87. The van der Waals surface area contributed by atoms with Crippen LogP contribution in [-0.4, -0.2) is 17.0 Å². The van der Waals surface area contributed by atoms with Gasteiger partial charge < -0.3 is 5.32 Å². The van der Waals surface area contributed by atoms with Crippen LogP contribution < -0.4 is 5.32 Å². The fourth-order valence-corrected chi connectivity index (χ4v) is 1.76. The number of hydrogen-bond acceptors (Lipinski definition) is 3. The molecule has 3 nitrogen and oxygen atoms in total. The van der Waals surface area contributed by atoms with E-state index in [9.17, 15) is 0 Å². The zero-order valence-corrected chi connectivity index (χ0v) is 8.61. The van der Waals surface area contributed by atoms with Gasteiger partial charge in [0.2, 0.25) is 0 Å². The van der Waals surface area contributed by atoms with E-state index < -0.39 is 0 Å². The van der Waals surface area contributed by atoms with E-state index in [-0.39, 0.29) is 0 Å². The van der Waals surface area contributed by atoms with Crippen molar-refractivity contribution in [3.05, 3.63) is 24.3 Å². The Balaban J connectivity index is 1.90. The zero-order chi connectivity index (χ0) is 9.80. The first kappa shape index (κ1) is 9.59. The Labute approximate surface area is 85.0 Å². The molecule has 1 aromatic heterocycles. The van der Waals surface area contributed by atoms with Crippen molar-refractivity contribution in [3.63, 3.8) is 0 Å². The molecular weight excluding hydrogens is 174 g/mol. The molecule has 0 saturated heterocycles. The van der Waals surface area contributed by atoms with Crippen LogP contribution >= 0.6 is 0 Å². The van der Waals surface area contributed by atoms with E-state index in [1.807, 2.05) is 19.3 Å². The molecule has 2 rings (SSSR count). The van der Waals surface area contributed by atoms with Gasteiger partial charge in [-0.1, -0.05) is 12.8 Å². The molecule has 0 spiro atoms. The lowest BCUT2D eigenvalue weighted by Gasteiger charge is -2.14. The van der Waals surface area contributed by atoms with Gasteiger partial charge >= 0.3 is 0 Å². The molecule has 1 unspecified atom stereocenters. The minimum atomic E-state index is 0.401. The molecule has 1 atom stereocenters. The second-order valence-electron chi connectivity index (χ2n) is 4.00. The largest absolute Gasteiger partial charge is 0.312 e. The van der Waals surface area contributed by atoms with Gasteiger partial charge in [0.15, 0.2) is 0 Å². The summed E-state index contributed by atoms with van der Waals surface area (Å²) in [6.45, 7) is 0. The standard InChI is InChI=1S/C11H17N3/c1-12-10(5-4-9-2-3-9)11-6-7-13-8-14-11/h6-10,12H,2-5H2,1H3. The second-order valence-corrected chi connectivity index (χ2v) is 4.00. The van der Waals surface area contributed by atoms with E-state index in [1.54, 1.807) is 6.33 Å². The molecule has 0 bridgehead atoms. The molecule has 14 heavy (non-hydrogen) atoms. The van der Waals surface area contributed by atoms with Crippen LogP contribution in [0.15, 0.2) is 18.6 Å². The monoisotopic (exact) mass is 191 g/mol. The minimum Gasteiger partial charge on any atom is -0.312 e. The maximum Gasteiger partial charge on any atom is 0.115 e. The van der Waals surface area contributed by atoms with Crippen molar-refractivity contribution in [1.82, 2.24) is 15.3 Å². The second kappa shape index (κ2) is 4.51. The summed E-state index contributed by atoms with van der Waals surface area (Å²) in [5.74, 6) is 0.993. The Morgan fingerprint density at radius 2 is 2.43 bits per heavy atom. The Hall–Kier alpha value is -0.960. The summed E-state index contributed by atoms with van der Waals surface area (Å²) in [5, 5.41) is 3.31. The van der Waals surface area contributed by atoms with Crippen molar-refractivity contribution in [2.45, 2.75) is 31.7 Å². The lowest BCUT2D eigenvalue weighted by Crippen LogP contribution is -2.17. The van der Waals surface area contributed by atoms with Crippen molar-refractivity contribution in [3.8, 4) is 0 Å². The summed E-state index contributed by atoms with van der Waals surface area (Å²) in [4.78, 5) is 8.21. The van der Waals surface area contributed by atoms with Crippen molar-refractivity contribution in [2.75, 3.05) is 7.05 Å². The van der Waals surface area contributed by atoms with Gasteiger partial charge in [0.25, 0.3) is 0 Å². The smallest absolute Gasteiger partial charge is 0.115 e. The van der Waals surface area contributed by atoms with Crippen molar-refractivity contribution < 1.29 is 0 Å². The summed E-state index contributed by atoms with van der Waals surface area (Å²) in [5.41, 5.74) is 1.11. The molecule has 1 aromatic rings. The molecule has 1 fully saturated rings. The molecule has 1 heterocycles. The number of rotatable bonds is 5. The van der Waals surface area contributed by atoms with Crippen LogP contribution in [-0.2, 0) is 0 Å². The summed E-state index contributed by atoms with van der Waals surface area (Å²) in [7, 11) is 2.00. The molecule has 1 N–H and O–H groups in total. The van der Waals surface area contributed by atoms with Gasteiger partial charge in [-0.2, -0.15) is 0 Å².